The van der Waals surface area contributed by atoms with Gasteiger partial charge in [-0.1, -0.05) is 18.2 Å². The van der Waals surface area contributed by atoms with Gasteiger partial charge in [-0.15, -0.1) is 0 Å². The Balaban J connectivity index is 2.68. The number of hydrogen-bond donors (Lipinski definition) is 1. The molecule has 0 fully saturated rings. The molecule has 0 radical (unpaired) electrons. The molecule has 6 heteroatoms. The van der Waals surface area contributed by atoms with Crippen molar-refractivity contribution in [1.29, 1.82) is 0 Å². The summed E-state index contributed by atoms with van der Waals surface area (Å²) in [5.74, 6) is -0.917. The van der Waals surface area contributed by atoms with Crippen LogP contribution < -0.4 is 4.74 Å². The highest BCUT2D eigenvalue weighted by Gasteiger charge is 2.26. The van der Waals surface area contributed by atoms with Gasteiger partial charge in [-0.2, -0.15) is 13.2 Å². The number of ether oxygens (including phenoxy) is 1. The Morgan fingerprint density at radius 1 is 1.33 bits per heavy atom. The lowest BCUT2D eigenvalue weighted by atomic mass is 10.2. The van der Waals surface area contributed by atoms with Gasteiger partial charge in [-0.05, 0) is 12.1 Å². The fraction of sp³-hybridized carbons (Fsp3) is 0.250. The Hall–Kier alpha value is -1.98. The summed E-state index contributed by atoms with van der Waals surface area (Å²) < 4.78 is 40.8. The van der Waals surface area contributed by atoms with Gasteiger partial charge >= 0.3 is 12.1 Å². The number of carboxylic acids is 1. The van der Waals surface area contributed by atoms with Gasteiger partial charge in [0.1, 0.15) is 5.75 Å². The van der Waals surface area contributed by atoms with Crippen LogP contribution in [0, 0.1) is 0 Å². The smallest absolute Gasteiger partial charge is 0.392 e. The highest BCUT2D eigenvalue weighted by atomic mass is 19.4. The van der Waals surface area contributed by atoms with Crippen molar-refractivity contribution in [2.45, 2.75) is 12.6 Å². The third kappa shape index (κ3) is 5.38. The zero-order valence-corrected chi connectivity index (χ0v) is 9.28. The number of halogens is 3. The lowest BCUT2D eigenvalue weighted by Crippen LogP contribution is -2.13. The van der Waals surface area contributed by atoms with E-state index in [4.69, 9.17) is 9.84 Å². The van der Waals surface area contributed by atoms with Gasteiger partial charge in [-0.25, -0.2) is 4.79 Å². The maximum absolute atomic E-state index is 11.9. The van der Waals surface area contributed by atoms with Crippen LogP contribution in [0.1, 0.15) is 12.0 Å². The van der Waals surface area contributed by atoms with E-state index in [-0.39, 0.29) is 5.75 Å². The Kier molecular flexibility index (Phi) is 4.76. The van der Waals surface area contributed by atoms with Crippen LogP contribution in [0.25, 0.3) is 6.08 Å². The van der Waals surface area contributed by atoms with Crippen molar-refractivity contribution in [2.75, 3.05) is 6.61 Å². The molecule has 0 aliphatic carbocycles. The van der Waals surface area contributed by atoms with Crippen LogP contribution in [0.3, 0.4) is 0 Å². The van der Waals surface area contributed by atoms with E-state index in [9.17, 15) is 18.0 Å². The summed E-state index contributed by atoms with van der Waals surface area (Å²) >= 11 is 0. The molecule has 1 N–H and O–H groups in total. The van der Waals surface area contributed by atoms with Crippen molar-refractivity contribution < 1.29 is 27.8 Å². The highest BCUT2D eigenvalue weighted by molar-refractivity contribution is 5.85. The molecule has 0 amide bonds. The minimum absolute atomic E-state index is 0.222. The average molecular weight is 260 g/mol. The van der Waals surface area contributed by atoms with E-state index in [2.05, 4.69) is 0 Å². The van der Waals surface area contributed by atoms with Gasteiger partial charge in [0.15, 0.2) is 0 Å². The minimum atomic E-state index is -4.27. The zero-order valence-electron chi connectivity index (χ0n) is 9.28. The molecule has 0 atom stereocenters. The molecular formula is C12H11F3O3. The highest BCUT2D eigenvalue weighted by Crippen LogP contribution is 2.23. The van der Waals surface area contributed by atoms with E-state index in [0.717, 1.165) is 6.08 Å². The van der Waals surface area contributed by atoms with Crippen LogP contribution >= 0.6 is 0 Å². The van der Waals surface area contributed by atoms with Crippen LogP contribution in [0.4, 0.5) is 13.2 Å². The number of para-hydroxylation sites is 1. The third-order valence-corrected chi connectivity index (χ3v) is 1.97. The lowest BCUT2D eigenvalue weighted by molar-refractivity contribution is -0.139. The predicted octanol–water partition coefficient (Wildman–Crippen LogP) is 3.12. The summed E-state index contributed by atoms with van der Waals surface area (Å²) in [6.07, 6.45) is -3.16. The van der Waals surface area contributed by atoms with E-state index < -0.39 is 25.2 Å². The molecule has 0 saturated heterocycles. The number of alkyl halides is 3. The second-order valence-corrected chi connectivity index (χ2v) is 3.42. The molecule has 1 aromatic rings. The Morgan fingerprint density at radius 3 is 2.61 bits per heavy atom. The standard InChI is InChI=1S/C12H11F3O3/c13-12(14,15)7-8-18-10-4-2-1-3-9(10)5-6-11(16)17/h1-6H,7-8H2,(H,16,17). The topological polar surface area (TPSA) is 46.5 Å². The normalized spacial score (nSPS) is 11.7. The summed E-state index contributed by atoms with van der Waals surface area (Å²) in [7, 11) is 0. The maximum atomic E-state index is 11.9. The first kappa shape index (κ1) is 14.1. The van der Waals surface area contributed by atoms with Crippen LogP contribution in [0.5, 0.6) is 5.75 Å². The van der Waals surface area contributed by atoms with Gasteiger partial charge in [0.2, 0.25) is 0 Å². The fourth-order valence-corrected chi connectivity index (χ4v) is 1.19. The number of hydrogen-bond acceptors (Lipinski definition) is 2. The van der Waals surface area contributed by atoms with Crippen molar-refractivity contribution in [1.82, 2.24) is 0 Å². The molecule has 1 rings (SSSR count). The molecule has 3 nitrogen and oxygen atoms in total. The van der Waals surface area contributed by atoms with Gasteiger partial charge in [-0.3, -0.25) is 0 Å². The van der Waals surface area contributed by atoms with Crippen molar-refractivity contribution in [3.63, 3.8) is 0 Å². The summed E-state index contributed by atoms with van der Waals surface area (Å²) in [6, 6.07) is 6.28. The molecule has 18 heavy (non-hydrogen) atoms. The van der Waals surface area contributed by atoms with Gasteiger partial charge in [0.05, 0.1) is 13.0 Å². The largest absolute Gasteiger partial charge is 0.493 e. The number of carboxylic acid groups (broad SMARTS) is 1. The van der Waals surface area contributed by atoms with E-state index in [1.54, 1.807) is 18.2 Å². The molecule has 0 heterocycles. The average Bonchev–Trinajstić information content (AvgIpc) is 2.26. The van der Waals surface area contributed by atoms with E-state index in [1.165, 1.54) is 12.1 Å². The minimum Gasteiger partial charge on any atom is -0.493 e. The second-order valence-electron chi connectivity index (χ2n) is 3.42. The molecule has 0 spiro atoms. The van der Waals surface area contributed by atoms with Gasteiger partial charge in [0, 0.05) is 11.6 Å². The molecule has 1 aromatic carbocycles. The molecular weight excluding hydrogens is 249 g/mol. The first-order valence-electron chi connectivity index (χ1n) is 5.08. The summed E-state index contributed by atoms with van der Waals surface area (Å²) in [5, 5.41) is 8.47. The molecule has 0 bridgehead atoms. The number of benzene rings is 1. The first-order chi connectivity index (χ1) is 8.38. The lowest BCUT2D eigenvalue weighted by Gasteiger charge is -2.10. The van der Waals surface area contributed by atoms with Crippen LogP contribution in [0.2, 0.25) is 0 Å². The van der Waals surface area contributed by atoms with Gasteiger partial charge in [0.25, 0.3) is 0 Å². The summed E-state index contributed by atoms with van der Waals surface area (Å²) in [4.78, 5) is 10.4. The summed E-state index contributed by atoms with van der Waals surface area (Å²) in [5.41, 5.74) is 0.419. The summed E-state index contributed by atoms with van der Waals surface area (Å²) in [6.45, 7) is -0.499. The fourth-order valence-electron chi connectivity index (χ4n) is 1.19. The maximum Gasteiger partial charge on any atom is 0.392 e. The van der Waals surface area contributed by atoms with Crippen LogP contribution in [-0.2, 0) is 4.79 Å². The molecule has 0 aliphatic heterocycles. The molecule has 0 saturated carbocycles. The van der Waals surface area contributed by atoms with Crippen molar-refractivity contribution in [2.24, 2.45) is 0 Å². The number of rotatable bonds is 5. The molecule has 98 valence electrons. The van der Waals surface area contributed by atoms with Crippen LogP contribution in [-0.4, -0.2) is 23.9 Å². The first-order valence-corrected chi connectivity index (χ1v) is 5.08. The Morgan fingerprint density at radius 2 is 2.00 bits per heavy atom. The predicted molar refractivity (Wildman–Crippen MR) is 59.3 cm³/mol. The Bertz CT molecular complexity index is 438. The number of carbonyl (C=O) groups is 1. The van der Waals surface area contributed by atoms with Crippen molar-refractivity contribution in [3.05, 3.63) is 35.9 Å². The SMILES string of the molecule is O=C(O)C=Cc1ccccc1OCCC(F)(F)F. The van der Waals surface area contributed by atoms with E-state index in [1.807, 2.05) is 0 Å². The Labute approximate surface area is 101 Å². The third-order valence-electron chi connectivity index (χ3n) is 1.97. The molecule has 0 unspecified atom stereocenters. The van der Waals surface area contributed by atoms with E-state index >= 15 is 0 Å². The monoisotopic (exact) mass is 260 g/mol. The molecule has 0 aromatic heterocycles. The number of aliphatic carboxylic acids is 1. The van der Waals surface area contributed by atoms with Gasteiger partial charge < -0.3 is 9.84 Å². The van der Waals surface area contributed by atoms with E-state index in [0.29, 0.717) is 5.56 Å². The van der Waals surface area contributed by atoms with Crippen LogP contribution in [0.15, 0.2) is 30.3 Å². The zero-order chi connectivity index (χ0) is 13.6. The quantitative estimate of drug-likeness (QED) is 0.827. The van der Waals surface area contributed by atoms with Crippen molar-refractivity contribution in [3.8, 4) is 5.75 Å². The second kappa shape index (κ2) is 6.09. The van der Waals surface area contributed by atoms with Crippen molar-refractivity contribution >= 4 is 12.0 Å². The molecule has 0 aliphatic rings.